The summed E-state index contributed by atoms with van der Waals surface area (Å²) in [6, 6.07) is 10.2. The first-order valence-corrected chi connectivity index (χ1v) is 8.76. The van der Waals surface area contributed by atoms with Crippen molar-refractivity contribution in [2.24, 2.45) is 5.73 Å². The highest BCUT2D eigenvalue weighted by Crippen LogP contribution is 2.30. The van der Waals surface area contributed by atoms with E-state index >= 15 is 0 Å². The number of aryl methyl sites for hydroxylation is 2. The number of rotatable bonds is 7. The van der Waals surface area contributed by atoms with Gasteiger partial charge in [-0.25, -0.2) is 4.79 Å². The van der Waals surface area contributed by atoms with Crippen molar-refractivity contribution in [3.8, 4) is 23.3 Å². The fourth-order valence-corrected chi connectivity index (χ4v) is 2.61. The monoisotopic (exact) mass is 394 g/mol. The zero-order valence-electron chi connectivity index (χ0n) is 16.7. The molecular formula is C22H22N2O5. The van der Waals surface area contributed by atoms with Crippen molar-refractivity contribution in [1.82, 2.24) is 0 Å². The minimum atomic E-state index is -0.833. The van der Waals surface area contributed by atoms with Crippen LogP contribution in [0.15, 0.2) is 35.9 Å². The number of nitrogens with two attached hydrogens (primary N) is 1. The zero-order valence-corrected chi connectivity index (χ0v) is 16.7. The smallest absolute Gasteiger partial charge is 0.349 e. The first-order chi connectivity index (χ1) is 13.8. The predicted molar refractivity (Wildman–Crippen MR) is 108 cm³/mol. The minimum Gasteiger partial charge on any atom is -0.493 e. The number of methoxy groups -OCH3 is 1. The molecule has 7 heteroatoms. The first kappa shape index (κ1) is 21.5. The molecule has 2 N–H and O–H groups in total. The molecule has 0 heterocycles. The molecule has 0 saturated carbocycles. The third-order valence-electron chi connectivity index (χ3n) is 4.32. The van der Waals surface area contributed by atoms with Gasteiger partial charge in [-0.3, -0.25) is 4.79 Å². The van der Waals surface area contributed by atoms with Gasteiger partial charge >= 0.3 is 5.97 Å². The van der Waals surface area contributed by atoms with Crippen molar-refractivity contribution in [2.45, 2.75) is 20.8 Å². The van der Waals surface area contributed by atoms with Gasteiger partial charge in [-0.1, -0.05) is 18.2 Å². The molecule has 2 aromatic rings. The summed E-state index contributed by atoms with van der Waals surface area (Å²) in [5.41, 5.74) is 8.39. The number of hydrogen-bond acceptors (Lipinski definition) is 6. The molecule has 0 aliphatic rings. The second kappa shape index (κ2) is 9.42. The maximum Gasteiger partial charge on any atom is 0.349 e. The van der Waals surface area contributed by atoms with Crippen LogP contribution in [0.1, 0.15) is 22.3 Å². The Balaban J connectivity index is 2.14. The Labute approximate surface area is 169 Å². The lowest BCUT2D eigenvalue weighted by atomic mass is 10.1. The fraction of sp³-hybridized carbons (Fsp3) is 0.227. The molecule has 7 nitrogen and oxygen atoms in total. The van der Waals surface area contributed by atoms with E-state index in [-0.39, 0.29) is 23.7 Å². The summed E-state index contributed by atoms with van der Waals surface area (Å²) >= 11 is 0. The van der Waals surface area contributed by atoms with Crippen LogP contribution < -0.4 is 19.9 Å². The van der Waals surface area contributed by atoms with Gasteiger partial charge in [-0.2, -0.15) is 5.26 Å². The topological polar surface area (TPSA) is 112 Å². The van der Waals surface area contributed by atoms with Crippen LogP contribution in [0.3, 0.4) is 0 Å². The summed E-state index contributed by atoms with van der Waals surface area (Å²) in [6.45, 7) is 5.54. The Morgan fingerprint density at radius 2 is 1.79 bits per heavy atom. The van der Waals surface area contributed by atoms with Crippen LogP contribution in [0, 0.1) is 32.1 Å². The van der Waals surface area contributed by atoms with Crippen LogP contribution >= 0.6 is 0 Å². The molecule has 0 fully saturated rings. The quantitative estimate of drug-likeness (QED) is 0.334. The number of benzene rings is 2. The summed E-state index contributed by atoms with van der Waals surface area (Å²) in [5, 5.41) is 8.93. The Morgan fingerprint density at radius 1 is 1.10 bits per heavy atom. The summed E-state index contributed by atoms with van der Waals surface area (Å²) in [7, 11) is 1.41. The molecule has 2 aromatic carbocycles. The van der Waals surface area contributed by atoms with Crippen LogP contribution in [0.25, 0.3) is 6.08 Å². The van der Waals surface area contributed by atoms with Gasteiger partial charge in [-0.05, 0) is 61.2 Å². The van der Waals surface area contributed by atoms with Gasteiger partial charge in [0.1, 0.15) is 17.4 Å². The Kier molecular flexibility index (Phi) is 6.99. The van der Waals surface area contributed by atoms with Gasteiger partial charge in [0.25, 0.3) is 5.91 Å². The standard InChI is InChI=1S/C22H22N2O5/c1-13-5-6-14(2)21(15(13)3)28-12-20(25)29-18-8-7-16(10-19(18)27-4)9-17(11-23)22(24)26/h5-10H,12H2,1-4H3,(H2,24,26)/b17-9+. The van der Waals surface area contributed by atoms with Gasteiger partial charge in [0.15, 0.2) is 18.1 Å². The van der Waals surface area contributed by atoms with Gasteiger partial charge in [0, 0.05) is 0 Å². The summed E-state index contributed by atoms with van der Waals surface area (Å²) in [5.74, 6) is -0.321. The van der Waals surface area contributed by atoms with Gasteiger partial charge < -0.3 is 19.9 Å². The fourth-order valence-electron chi connectivity index (χ4n) is 2.61. The van der Waals surface area contributed by atoms with E-state index < -0.39 is 11.9 Å². The van der Waals surface area contributed by atoms with Crippen LogP contribution in [0.4, 0.5) is 0 Å². The van der Waals surface area contributed by atoms with Crippen LogP contribution in [0.5, 0.6) is 17.2 Å². The molecule has 1 amide bonds. The second-order valence-corrected chi connectivity index (χ2v) is 6.36. The van der Waals surface area contributed by atoms with E-state index in [4.69, 9.17) is 25.2 Å². The molecule has 0 atom stereocenters. The van der Waals surface area contributed by atoms with E-state index in [2.05, 4.69) is 0 Å². The second-order valence-electron chi connectivity index (χ2n) is 6.36. The van der Waals surface area contributed by atoms with Gasteiger partial charge in [0.2, 0.25) is 0 Å². The van der Waals surface area contributed by atoms with Crippen LogP contribution in [-0.4, -0.2) is 25.6 Å². The highest BCUT2D eigenvalue weighted by atomic mass is 16.6. The normalized spacial score (nSPS) is 10.8. The van der Waals surface area contributed by atoms with Crippen LogP contribution in [0.2, 0.25) is 0 Å². The van der Waals surface area contributed by atoms with E-state index in [1.54, 1.807) is 12.1 Å². The minimum absolute atomic E-state index is 0.188. The number of nitrogens with zero attached hydrogens (tertiary/aromatic N) is 1. The first-order valence-electron chi connectivity index (χ1n) is 8.76. The van der Waals surface area contributed by atoms with E-state index in [9.17, 15) is 9.59 Å². The van der Waals surface area contributed by atoms with E-state index in [1.807, 2.05) is 32.9 Å². The number of esters is 1. The van der Waals surface area contributed by atoms with Crippen molar-refractivity contribution in [3.63, 3.8) is 0 Å². The Bertz CT molecular complexity index is 1020. The number of amides is 1. The summed E-state index contributed by atoms with van der Waals surface area (Å²) in [6.07, 6.45) is 1.32. The Morgan fingerprint density at radius 3 is 2.41 bits per heavy atom. The van der Waals surface area contributed by atoms with Crippen molar-refractivity contribution >= 4 is 18.0 Å². The molecule has 0 saturated heterocycles. The van der Waals surface area contributed by atoms with Gasteiger partial charge in [0.05, 0.1) is 7.11 Å². The third-order valence-corrected chi connectivity index (χ3v) is 4.32. The molecule has 0 aromatic heterocycles. The largest absolute Gasteiger partial charge is 0.493 e. The average Bonchev–Trinajstić information content (AvgIpc) is 2.69. The Hall–Kier alpha value is -3.79. The number of carbonyl (C=O) groups excluding carboxylic acids is 2. The van der Waals surface area contributed by atoms with Crippen molar-refractivity contribution in [2.75, 3.05) is 13.7 Å². The van der Waals surface area contributed by atoms with Crippen molar-refractivity contribution in [1.29, 1.82) is 5.26 Å². The average molecular weight is 394 g/mol. The summed E-state index contributed by atoms with van der Waals surface area (Å²) < 4.78 is 16.2. The molecular weight excluding hydrogens is 372 g/mol. The number of hydrogen-bond donors (Lipinski definition) is 1. The lowest BCUT2D eigenvalue weighted by Gasteiger charge is -2.14. The maximum atomic E-state index is 12.2. The molecule has 0 aliphatic carbocycles. The molecule has 150 valence electrons. The third kappa shape index (κ3) is 5.36. The molecule has 0 unspecified atom stereocenters. The van der Waals surface area contributed by atoms with E-state index in [0.717, 1.165) is 16.7 Å². The molecule has 0 aliphatic heterocycles. The van der Waals surface area contributed by atoms with Crippen molar-refractivity contribution in [3.05, 3.63) is 58.2 Å². The lowest BCUT2D eigenvalue weighted by molar-refractivity contribution is -0.136. The molecule has 2 rings (SSSR count). The zero-order chi connectivity index (χ0) is 21.6. The van der Waals surface area contributed by atoms with E-state index in [0.29, 0.717) is 11.3 Å². The maximum absolute atomic E-state index is 12.2. The summed E-state index contributed by atoms with van der Waals surface area (Å²) in [4.78, 5) is 23.4. The molecule has 0 radical (unpaired) electrons. The number of carbonyl (C=O) groups is 2. The highest BCUT2D eigenvalue weighted by molar-refractivity contribution is 6.00. The van der Waals surface area contributed by atoms with E-state index in [1.165, 1.54) is 25.3 Å². The van der Waals surface area contributed by atoms with Crippen molar-refractivity contribution < 1.29 is 23.8 Å². The lowest BCUT2D eigenvalue weighted by Crippen LogP contribution is -2.19. The van der Waals surface area contributed by atoms with Gasteiger partial charge in [-0.15, -0.1) is 0 Å². The SMILES string of the molecule is COc1cc(/C=C(\C#N)C(N)=O)ccc1OC(=O)COc1c(C)ccc(C)c1C. The highest BCUT2D eigenvalue weighted by Gasteiger charge is 2.14. The molecule has 29 heavy (non-hydrogen) atoms. The number of ether oxygens (including phenoxy) is 3. The number of nitriles is 1. The number of primary amides is 1. The predicted octanol–water partition coefficient (Wildman–Crippen LogP) is 3.00. The molecule has 0 spiro atoms. The van der Waals surface area contributed by atoms with Crippen LogP contribution in [-0.2, 0) is 9.59 Å². The molecule has 0 bridgehead atoms.